The molecule has 0 aliphatic heterocycles. The Hall–Kier alpha value is -0.440. The van der Waals surface area contributed by atoms with Gasteiger partial charge in [-0.3, -0.25) is 4.21 Å². The van der Waals surface area contributed by atoms with E-state index in [0.29, 0.717) is 11.4 Å². The number of hydrogen-bond donors (Lipinski definition) is 2. The lowest BCUT2D eigenvalue weighted by Crippen LogP contribution is -2.27. The zero-order valence-electron chi connectivity index (χ0n) is 8.10. The largest absolute Gasteiger partial charge is 0.398 e. The third-order valence-corrected chi connectivity index (χ3v) is 5.24. The van der Waals surface area contributed by atoms with Gasteiger partial charge < -0.3 is 5.73 Å². The molecule has 1 heterocycles. The van der Waals surface area contributed by atoms with Crippen LogP contribution in [-0.4, -0.2) is 31.2 Å². The van der Waals surface area contributed by atoms with Gasteiger partial charge in [0.15, 0.2) is 0 Å². The summed E-state index contributed by atoms with van der Waals surface area (Å²) in [5, 5.41) is 1.56. The molecular weight excluding hydrogens is 256 g/mol. The van der Waals surface area contributed by atoms with Gasteiger partial charge in [0.05, 0.1) is 0 Å². The first-order valence-corrected chi connectivity index (χ1v) is 8.14. The summed E-state index contributed by atoms with van der Waals surface area (Å²) in [6.45, 7) is 0.170. The van der Waals surface area contributed by atoms with Gasteiger partial charge in [0.25, 0.3) is 0 Å². The summed E-state index contributed by atoms with van der Waals surface area (Å²) in [4.78, 5) is 0. The minimum absolute atomic E-state index is 0.170. The van der Waals surface area contributed by atoms with E-state index in [1.54, 1.807) is 5.38 Å². The van der Waals surface area contributed by atoms with Crippen molar-refractivity contribution in [3.05, 3.63) is 11.4 Å². The smallest absolute Gasteiger partial charge is 0.250 e. The van der Waals surface area contributed by atoms with Crippen molar-refractivity contribution >= 4 is 37.8 Å². The van der Waals surface area contributed by atoms with Gasteiger partial charge in [-0.25, -0.2) is 13.1 Å². The Kier molecular flexibility index (Phi) is 4.26. The number of hydrogen-bond acceptors (Lipinski definition) is 5. The van der Waals surface area contributed by atoms with Crippen molar-refractivity contribution in [2.45, 2.75) is 4.21 Å². The number of anilines is 1. The number of thiophene rings is 1. The molecule has 0 saturated heterocycles. The lowest BCUT2D eigenvalue weighted by Gasteiger charge is -2.02. The molecule has 5 nitrogen and oxygen atoms in total. The molecule has 8 heteroatoms. The number of nitrogens with one attached hydrogen (secondary N) is 1. The first kappa shape index (κ1) is 12.6. The molecule has 0 amide bonds. The van der Waals surface area contributed by atoms with E-state index < -0.39 is 20.8 Å². The number of nitrogens with two attached hydrogens (primary N) is 1. The molecule has 0 fully saturated rings. The predicted octanol–water partition coefficient (Wildman–Crippen LogP) is -0.0129. The van der Waals surface area contributed by atoms with E-state index in [9.17, 15) is 12.6 Å². The van der Waals surface area contributed by atoms with Crippen LogP contribution in [0.15, 0.2) is 15.7 Å². The second-order valence-electron chi connectivity index (χ2n) is 2.87. The third kappa shape index (κ3) is 3.90. The van der Waals surface area contributed by atoms with Gasteiger partial charge in [0.2, 0.25) is 10.0 Å². The van der Waals surface area contributed by atoms with Gasteiger partial charge >= 0.3 is 0 Å². The Morgan fingerprint density at radius 1 is 1.60 bits per heavy atom. The molecular formula is C7H12N2O3S3. The Morgan fingerprint density at radius 2 is 2.27 bits per heavy atom. The monoisotopic (exact) mass is 268 g/mol. The lowest BCUT2D eigenvalue weighted by molar-refractivity contribution is 0.586. The maximum Gasteiger partial charge on any atom is 0.250 e. The molecule has 0 aliphatic carbocycles. The lowest BCUT2D eigenvalue weighted by atomic mass is 10.6. The van der Waals surface area contributed by atoms with Crippen molar-refractivity contribution in [1.29, 1.82) is 0 Å². The molecule has 0 radical (unpaired) electrons. The number of nitrogen functional groups attached to an aromatic ring is 1. The molecule has 15 heavy (non-hydrogen) atoms. The average molecular weight is 268 g/mol. The molecule has 0 aromatic carbocycles. The molecule has 0 saturated carbocycles. The van der Waals surface area contributed by atoms with Crippen LogP contribution in [0.1, 0.15) is 0 Å². The second kappa shape index (κ2) is 5.06. The van der Waals surface area contributed by atoms with Crippen LogP contribution in [0.4, 0.5) is 5.69 Å². The maximum absolute atomic E-state index is 11.6. The van der Waals surface area contributed by atoms with Crippen molar-refractivity contribution in [2.75, 3.05) is 24.3 Å². The summed E-state index contributed by atoms with van der Waals surface area (Å²) < 4.78 is 36.4. The van der Waals surface area contributed by atoms with Crippen LogP contribution in [-0.2, 0) is 20.8 Å². The highest BCUT2D eigenvalue weighted by molar-refractivity contribution is 7.91. The molecule has 1 aromatic heterocycles. The van der Waals surface area contributed by atoms with Gasteiger partial charge in [-0.05, 0) is 6.07 Å². The van der Waals surface area contributed by atoms with Crippen LogP contribution < -0.4 is 10.5 Å². The van der Waals surface area contributed by atoms with Crippen LogP contribution in [0.3, 0.4) is 0 Å². The van der Waals surface area contributed by atoms with E-state index >= 15 is 0 Å². The van der Waals surface area contributed by atoms with Gasteiger partial charge in [-0.1, -0.05) is 0 Å². The molecule has 3 N–H and O–H groups in total. The SMILES string of the molecule is CS(=O)CCNS(=O)(=O)c1cc(N)cs1. The van der Waals surface area contributed by atoms with Gasteiger partial charge in [0, 0.05) is 40.4 Å². The zero-order chi connectivity index (χ0) is 11.5. The van der Waals surface area contributed by atoms with Gasteiger partial charge in [-0.2, -0.15) is 0 Å². The molecule has 1 aromatic rings. The summed E-state index contributed by atoms with van der Waals surface area (Å²) >= 11 is 1.06. The highest BCUT2D eigenvalue weighted by Gasteiger charge is 2.15. The topological polar surface area (TPSA) is 89.3 Å². The quantitative estimate of drug-likeness (QED) is 0.786. The van der Waals surface area contributed by atoms with Crippen molar-refractivity contribution in [3.8, 4) is 0 Å². The van der Waals surface area contributed by atoms with Crippen molar-refractivity contribution in [1.82, 2.24) is 4.72 Å². The fourth-order valence-corrected chi connectivity index (χ4v) is 3.54. The average Bonchev–Trinajstić information content (AvgIpc) is 2.51. The molecule has 0 aliphatic rings. The van der Waals surface area contributed by atoms with E-state index in [4.69, 9.17) is 5.73 Å². The van der Waals surface area contributed by atoms with E-state index in [0.717, 1.165) is 11.3 Å². The summed E-state index contributed by atoms with van der Waals surface area (Å²) in [7, 11) is -4.48. The number of sulfonamides is 1. The fraction of sp³-hybridized carbons (Fsp3) is 0.429. The van der Waals surface area contributed by atoms with E-state index in [1.807, 2.05) is 0 Å². The Balaban J connectivity index is 2.64. The van der Waals surface area contributed by atoms with Crippen LogP contribution in [0.2, 0.25) is 0 Å². The maximum atomic E-state index is 11.6. The zero-order valence-corrected chi connectivity index (χ0v) is 10.5. The molecule has 1 unspecified atom stereocenters. The van der Waals surface area contributed by atoms with Gasteiger partial charge in [-0.15, -0.1) is 11.3 Å². The van der Waals surface area contributed by atoms with Crippen molar-refractivity contribution in [2.24, 2.45) is 0 Å². The Bertz CT molecular complexity index is 452. The predicted molar refractivity (Wildman–Crippen MR) is 62.9 cm³/mol. The molecule has 0 spiro atoms. The minimum atomic E-state index is -3.48. The number of rotatable bonds is 5. The molecule has 1 rings (SSSR count). The van der Waals surface area contributed by atoms with Gasteiger partial charge in [0.1, 0.15) is 4.21 Å². The Morgan fingerprint density at radius 3 is 2.73 bits per heavy atom. The normalized spacial score (nSPS) is 13.9. The Labute approximate surface area is 95.2 Å². The van der Waals surface area contributed by atoms with E-state index in [2.05, 4.69) is 4.72 Å². The minimum Gasteiger partial charge on any atom is -0.398 e. The first-order chi connectivity index (χ1) is 6.92. The molecule has 1 atom stereocenters. The highest BCUT2D eigenvalue weighted by Crippen LogP contribution is 2.20. The molecule has 86 valence electrons. The summed E-state index contributed by atoms with van der Waals surface area (Å²) in [6.07, 6.45) is 1.53. The van der Waals surface area contributed by atoms with Crippen LogP contribution in [0.5, 0.6) is 0 Å². The van der Waals surface area contributed by atoms with E-state index in [-0.39, 0.29) is 10.8 Å². The summed E-state index contributed by atoms with van der Waals surface area (Å²) in [6, 6.07) is 1.40. The summed E-state index contributed by atoms with van der Waals surface area (Å²) in [5.41, 5.74) is 5.85. The highest BCUT2D eigenvalue weighted by atomic mass is 32.2. The fourth-order valence-electron chi connectivity index (χ4n) is 0.862. The van der Waals surface area contributed by atoms with Crippen molar-refractivity contribution in [3.63, 3.8) is 0 Å². The van der Waals surface area contributed by atoms with Crippen LogP contribution in [0.25, 0.3) is 0 Å². The first-order valence-electron chi connectivity index (χ1n) is 4.05. The van der Waals surface area contributed by atoms with Crippen LogP contribution >= 0.6 is 11.3 Å². The second-order valence-corrected chi connectivity index (χ2v) is 7.33. The standard InChI is InChI=1S/C7H12N2O3S3/c1-14(10)3-2-9-15(11,12)7-4-6(8)5-13-7/h4-5,9H,2-3,8H2,1H3. The van der Waals surface area contributed by atoms with Crippen LogP contribution in [0, 0.1) is 0 Å². The van der Waals surface area contributed by atoms with Crippen molar-refractivity contribution < 1.29 is 12.6 Å². The molecule has 0 bridgehead atoms. The van der Waals surface area contributed by atoms with E-state index in [1.165, 1.54) is 12.3 Å². The summed E-state index contributed by atoms with van der Waals surface area (Å²) in [5.74, 6) is 0.306. The third-order valence-electron chi connectivity index (χ3n) is 1.54.